The van der Waals surface area contributed by atoms with Crippen molar-refractivity contribution in [1.82, 2.24) is 4.90 Å². The molecule has 0 bridgehead atoms. The molecule has 1 aliphatic heterocycles. The second-order valence-electron chi connectivity index (χ2n) is 5.90. The minimum absolute atomic E-state index is 0.213. The van der Waals surface area contributed by atoms with Gasteiger partial charge in [0.25, 0.3) is 0 Å². The Morgan fingerprint density at radius 1 is 1.20 bits per heavy atom. The number of rotatable bonds is 4. The van der Waals surface area contributed by atoms with Crippen molar-refractivity contribution in [3.63, 3.8) is 0 Å². The molecule has 1 aliphatic rings. The summed E-state index contributed by atoms with van der Waals surface area (Å²) in [7, 11) is 0. The van der Waals surface area contributed by atoms with Gasteiger partial charge in [-0.3, -0.25) is 4.79 Å². The first-order chi connectivity index (χ1) is 9.76. The van der Waals surface area contributed by atoms with E-state index in [-0.39, 0.29) is 5.92 Å². The average molecular weight is 273 g/mol. The highest BCUT2D eigenvalue weighted by molar-refractivity contribution is 5.78. The van der Waals surface area contributed by atoms with E-state index in [1.54, 1.807) is 0 Å². The maximum absolute atomic E-state index is 12.6. The monoisotopic (exact) mass is 273 g/mol. The van der Waals surface area contributed by atoms with Gasteiger partial charge in [-0.25, -0.2) is 0 Å². The summed E-state index contributed by atoms with van der Waals surface area (Å²) < 4.78 is 0. The van der Waals surface area contributed by atoms with Crippen LogP contribution in [0, 0.1) is 5.92 Å². The van der Waals surface area contributed by atoms with Crippen molar-refractivity contribution >= 4 is 5.91 Å². The standard InChI is InChI=1S/C18H27NO/c1-3-15(4-2)18(20)19-13-9-8-12-17(14-19)16-10-6-5-7-11-16/h5-7,10-11,15,17H,3-4,8-9,12-14H2,1-2H3. The Labute approximate surface area is 123 Å². The van der Waals surface area contributed by atoms with Crippen molar-refractivity contribution in [3.8, 4) is 0 Å². The van der Waals surface area contributed by atoms with Gasteiger partial charge in [0, 0.05) is 24.9 Å². The van der Waals surface area contributed by atoms with Crippen LogP contribution in [0.2, 0.25) is 0 Å². The second kappa shape index (κ2) is 7.47. The van der Waals surface area contributed by atoms with Crippen LogP contribution in [0.25, 0.3) is 0 Å². The van der Waals surface area contributed by atoms with Crippen LogP contribution in [-0.4, -0.2) is 23.9 Å². The molecule has 0 radical (unpaired) electrons. The van der Waals surface area contributed by atoms with E-state index in [0.29, 0.717) is 11.8 Å². The van der Waals surface area contributed by atoms with Gasteiger partial charge in [0.1, 0.15) is 0 Å². The lowest BCUT2D eigenvalue weighted by molar-refractivity contribution is -0.135. The molecule has 0 aliphatic carbocycles. The number of hydrogen-bond donors (Lipinski definition) is 0. The van der Waals surface area contributed by atoms with Crippen LogP contribution in [0.4, 0.5) is 0 Å². The third kappa shape index (κ3) is 3.62. The highest BCUT2D eigenvalue weighted by Gasteiger charge is 2.26. The van der Waals surface area contributed by atoms with Gasteiger partial charge in [-0.05, 0) is 31.2 Å². The molecule has 20 heavy (non-hydrogen) atoms. The number of nitrogens with zero attached hydrogens (tertiary/aromatic N) is 1. The van der Waals surface area contributed by atoms with Crippen LogP contribution in [0.3, 0.4) is 0 Å². The molecule has 1 saturated heterocycles. The lowest BCUT2D eigenvalue weighted by atomic mass is 9.94. The highest BCUT2D eigenvalue weighted by atomic mass is 16.2. The van der Waals surface area contributed by atoms with Crippen molar-refractivity contribution in [3.05, 3.63) is 35.9 Å². The Morgan fingerprint density at radius 2 is 1.90 bits per heavy atom. The van der Waals surface area contributed by atoms with Gasteiger partial charge in [-0.15, -0.1) is 0 Å². The Kier molecular flexibility index (Phi) is 5.63. The van der Waals surface area contributed by atoms with Crippen molar-refractivity contribution in [2.75, 3.05) is 13.1 Å². The van der Waals surface area contributed by atoms with E-state index in [1.807, 2.05) is 0 Å². The number of likely N-dealkylation sites (tertiary alicyclic amines) is 1. The fourth-order valence-electron chi connectivity index (χ4n) is 3.24. The van der Waals surface area contributed by atoms with Gasteiger partial charge in [0.2, 0.25) is 5.91 Å². The lowest BCUT2D eigenvalue weighted by Crippen LogP contribution is -2.38. The molecule has 1 fully saturated rings. The first-order valence-electron chi connectivity index (χ1n) is 8.10. The molecule has 1 amide bonds. The van der Waals surface area contributed by atoms with Crippen LogP contribution in [0.1, 0.15) is 57.4 Å². The molecule has 1 atom stereocenters. The summed E-state index contributed by atoms with van der Waals surface area (Å²) in [5, 5.41) is 0. The van der Waals surface area contributed by atoms with Crippen molar-refractivity contribution in [2.45, 2.75) is 51.9 Å². The third-order valence-corrected chi connectivity index (χ3v) is 4.59. The molecular formula is C18H27NO. The molecule has 2 rings (SSSR count). The smallest absolute Gasteiger partial charge is 0.225 e. The van der Waals surface area contributed by atoms with Gasteiger partial charge < -0.3 is 4.90 Å². The van der Waals surface area contributed by atoms with Crippen molar-refractivity contribution in [2.24, 2.45) is 5.92 Å². The summed E-state index contributed by atoms with van der Waals surface area (Å²) in [5.41, 5.74) is 1.39. The molecule has 1 aromatic rings. The molecule has 0 aromatic heterocycles. The zero-order chi connectivity index (χ0) is 14.4. The van der Waals surface area contributed by atoms with Crippen molar-refractivity contribution in [1.29, 1.82) is 0 Å². The highest BCUT2D eigenvalue weighted by Crippen LogP contribution is 2.27. The molecule has 1 unspecified atom stereocenters. The zero-order valence-corrected chi connectivity index (χ0v) is 12.8. The summed E-state index contributed by atoms with van der Waals surface area (Å²) in [5.74, 6) is 1.10. The SMILES string of the molecule is CCC(CC)C(=O)N1CCCCC(c2ccccc2)C1. The van der Waals surface area contributed by atoms with E-state index in [2.05, 4.69) is 49.1 Å². The van der Waals surface area contributed by atoms with Crippen LogP contribution >= 0.6 is 0 Å². The fourth-order valence-corrected chi connectivity index (χ4v) is 3.24. The number of benzene rings is 1. The Hall–Kier alpha value is -1.31. The Morgan fingerprint density at radius 3 is 2.55 bits per heavy atom. The molecule has 2 nitrogen and oxygen atoms in total. The van der Waals surface area contributed by atoms with E-state index in [4.69, 9.17) is 0 Å². The predicted molar refractivity (Wildman–Crippen MR) is 83.7 cm³/mol. The molecule has 2 heteroatoms. The van der Waals surface area contributed by atoms with E-state index < -0.39 is 0 Å². The van der Waals surface area contributed by atoms with Crippen LogP contribution in [0.5, 0.6) is 0 Å². The third-order valence-electron chi connectivity index (χ3n) is 4.59. The minimum Gasteiger partial charge on any atom is -0.342 e. The fraction of sp³-hybridized carbons (Fsp3) is 0.611. The zero-order valence-electron chi connectivity index (χ0n) is 12.8. The molecule has 1 heterocycles. The summed E-state index contributed by atoms with van der Waals surface area (Å²) in [6.45, 7) is 6.09. The normalized spacial score (nSPS) is 19.9. The maximum atomic E-state index is 12.6. The Bertz CT molecular complexity index is 411. The Balaban J connectivity index is 2.09. The largest absolute Gasteiger partial charge is 0.342 e. The van der Waals surface area contributed by atoms with Gasteiger partial charge >= 0.3 is 0 Å². The molecule has 1 aromatic carbocycles. The topological polar surface area (TPSA) is 20.3 Å². The summed E-state index contributed by atoms with van der Waals surface area (Å²) in [6.07, 6.45) is 5.50. The quantitative estimate of drug-likeness (QED) is 0.804. The van der Waals surface area contributed by atoms with Gasteiger partial charge in [0.15, 0.2) is 0 Å². The van der Waals surface area contributed by atoms with Crippen LogP contribution in [-0.2, 0) is 4.79 Å². The molecular weight excluding hydrogens is 246 g/mol. The molecule has 0 spiro atoms. The van der Waals surface area contributed by atoms with E-state index in [1.165, 1.54) is 18.4 Å². The minimum atomic E-state index is 0.213. The maximum Gasteiger partial charge on any atom is 0.225 e. The van der Waals surface area contributed by atoms with Crippen molar-refractivity contribution < 1.29 is 4.79 Å². The van der Waals surface area contributed by atoms with Gasteiger partial charge in [-0.1, -0.05) is 50.6 Å². The number of hydrogen-bond acceptors (Lipinski definition) is 1. The van der Waals surface area contributed by atoms with E-state index >= 15 is 0 Å². The van der Waals surface area contributed by atoms with Crippen LogP contribution < -0.4 is 0 Å². The molecule has 0 saturated carbocycles. The molecule has 0 N–H and O–H groups in total. The number of carbonyl (C=O) groups excluding carboxylic acids is 1. The van der Waals surface area contributed by atoms with E-state index in [0.717, 1.165) is 32.4 Å². The van der Waals surface area contributed by atoms with Gasteiger partial charge in [-0.2, -0.15) is 0 Å². The lowest BCUT2D eigenvalue weighted by Gasteiger charge is -2.28. The first-order valence-corrected chi connectivity index (χ1v) is 8.10. The number of carbonyl (C=O) groups is 1. The predicted octanol–water partition coefficient (Wildman–Crippen LogP) is 4.22. The first kappa shape index (κ1) is 15.1. The molecule has 110 valence electrons. The summed E-state index contributed by atoms with van der Waals surface area (Å²) >= 11 is 0. The number of amides is 1. The van der Waals surface area contributed by atoms with E-state index in [9.17, 15) is 4.79 Å². The van der Waals surface area contributed by atoms with Gasteiger partial charge in [0.05, 0.1) is 0 Å². The second-order valence-corrected chi connectivity index (χ2v) is 5.90. The summed E-state index contributed by atoms with van der Waals surface area (Å²) in [6, 6.07) is 10.7. The summed E-state index contributed by atoms with van der Waals surface area (Å²) in [4.78, 5) is 14.7. The average Bonchev–Trinajstić information content (AvgIpc) is 2.75. The van der Waals surface area contributed by atoms with Crippen LogP contribution in [0.15, 0.2) is 30.3 Å².